The molecule has 0 radical (unpaired) electrons. The topological polar surface area (TPSA) is 86.9 Å². The molecule has 2 amide bonds. The molecule has 0 aromatic rings. The Bertz CT molecular complexity index is 254. The molecular formula is C8H14FN3O3. The van der Waals surface area contributed by atoms with E-state index < -0.39 is 24.7 Å². The van der Waals surface area contributed by atoms with Crippen LogP contribution in [0.4, 0.5) is 9.18 Å². The molecule has 0 aromatic heterocycles. The molecule has 86 valence electrons. The van der Waals surface area contributed by atoms with Gasteiger partial charge in [0, 0.05) is 26.2 Å². The van der Waals surface area contributed by atoms with E-state index >= 15 is 0 Å². The largest absolute Gasteiger partial charge is 0.465 e. The Labute approximate surface area is 86.4 Å². The van der Waals surface area contributed by atoms with Crippen molar-refractivity contribution in [3.05, 3.63) is 0 Å². The number of alkyl halides is 1. The third kappa shape index (κ3) is 2.79. The molecule has 6 nitrogen and oxygen atoms in total. The molecule has 15 heavy (non-hydrogen) atoms. The molecule has 3 N–H and O–H groups in total. The zero-order valence-electron chi connectivity index (χ0n) is 8.23. The van der Waals surface area contributed by atoms with Crippen LogP contribution in [0, 0.1) is 0 Å². The zero-order chi connectivity index (χ0) is 11.4. The number of carboxylic acid groups (broad SMARTS) is 1. The van der Waals surface area contributed by atoms with Gasteiger partial charge in [-0.15, -0.1) is 0 Å². The van der Waals surface area contributed by atoms with Crippen LogP contribution in [0.25, 0.3) is 0 Å². The van der Waals surface area contributed by atoms with Crippen LogP contribution in [0.2, 0.25) is 0 Å². The third-order valence-electron chi connectivity index (χ3n) is 2.35. The smallest absolute Gasteiger partial charge is 0.407 e. The molecule has 0 saturated carbocycles. The molecule has 0 bridgehead atoms. The van der Waals surface area contributed by atoms with Crippen molar-refractivity contribution in [3.63, 3.8) is 0 Å². The van der Waals surface area contributed by atoms with Gasteiger partial charge in [-0.05, 0) is 0 Å². The standard InChI is InChI=1S/C8H14FN3O3/c9-5-6(10)7(13)11-1-3-12(4-2-11)8(14)15/h6H,1-5,10H2,(H,14,15)/t6-/m0/s1. The van der Waals surface area contributed by atoms with E-state index in [4.69, 9.17) is 10.8 Å². The van der Waals surface area contributed by atoms with Gasteiger partial charge in [-0.2, -0.15) is 0 Å². The Morgan fingerprint density at radius 1 is 1.27 bits per heavy atom. The van der Waals surface area contributed by atoms with Crippen molar-refractivity contribution in [1.82, 2.24) is 9.80 Å². The maximum Gasteiger partial charge on any atom is 0.407 e. The van der Waals surface area contributed by atoms with Gasteiger partial charge >= 0.3 is 6.09 Å². The van der Waals surface area contributed by atoms with E-state index in [2.05, 4.69) is 0 Å². The highest BCUT2D eigenvalue weighted by Crippen LogP contribution is 2.03. The second-order valence-electron chi connectivity index (χ2n) is 3.36. The second kappa shape index (κ2) is 4.92. The molecule has 7 heteroatoms. The Morgan fingerprint density at radius 3 is 2.13 bits per heavy atom. The Balaban J connectivity index is 2.43. The molecule has 1 rings (SSSR count). The average Bonchev–Trinajstić information content (AvgIpc) is 2.27. The summed E-state index contributed by atoms with van der Waals surface area (Å²) in [6.07, 6.45) is -1.00. The summed E-state index contributed by atoms with van der Waals surface area (Å²) in [5, 5.41) is 8.66. The number of amides is 2. The molecular weight excluding hydrogens is 205 g/mol. The summed E-state index contributed by atoms with van der Waals surface area (Å²) in [5.74, 6) is -0.456. The Kier molecular flexibility index (Phi) is 3.84. The van der Waals surface area contributed by atoms with Crippen molar-refractivity contribution >= 4 is 12.0 Å². The Morgan fingerprint density at radius 2 is 1.73 bits per heavy atom. The van der Waals surface area contributed by atoms with Crippen molar-refractivity contribution in [2.24, 2.45) is 5.73 Å². The lowest BCUT2D eigenvalue weighted by Gasteiger charge is -2.34. The average molecular weight is 219 g/mol. The van der Waals surface area contributed by atoms with E-state index in [-0.39, 0.29) is 26.2 Å². The number of carbonyl (C=O) groups excluding carboxylic acids is 1. The van der Waals surface area contributed by atoms with Crippen molar-refractivity contribution in [2.75, 3.05) is 32.9 Å². The first kappa shape index (κ1) is 11.7. The zero-order valence-corrected chi connectivity index (χ0v) is 8.23. The fourth-order valence-electron chi connectivity index (χ4n) is 1.42. The van der Waals surface area contributed by atoms with Gasteiger partial charge in [-0.1, -0.05) is 0 Å². The minimum atomic E-state index is -1.12. The van der Waals surface area contributed by atoms with Crippen molar-refractivity contribution in [2.45, 2.75) is 6.04 Å². The van der Waals surface area contributed by atoms with Crippen LogP contribution in [0.5, 0.6) is 0 Å². The molecule has 0 unspecified atom stereocenters. The predicted molar refractivity (Wildman–Crippen MR) is 50.1 cm³/mol. The van der Waals surface area contributed by atoms with Gasteiger partial charge in [0.1, 0.15) is 12.7 Å². The Hall–Kier alpha value is -1.37. The van der Waals surface area contributed by atoms with E-state index in [1.165, 1.54) is 9.80 Å². The highest BCUT2D eigenvalue weighted by atomic mass is 19.1. The van der Waals surface area contributed by atoms with Crippen LogP contribution < -0.4 is 5.73 Å². The highest BCUT2D eigenvalue weighted by molar-refractivity contribution is 5.82. The maximum atomic E-state index is 12.1. The van der Waals surface area contributed by atoms with Crippen molar-refractivity contribution in [3.8, 4) is 0 Å². The molecule has 0 spiro atoms. The quantitative estimate of drug-likeness (QED) is 0.630. The monoisotopic (exact) mass is 219 g/mol. The minimum Gasteiger partial charge on any atom is -0.465 e. The molecule has 1 aliphatic rings. The lowest BCUT2D eigenvalue weighted by Crippen LogP contribution is -2.54. The molecule has 1 fully saturated rings. The first-order chi connectivity index (χ1) is 7.06. The number of rotatable bonds is 2. The van der Waals surface area contributed by atoms with Gasteiger partial charge in [0.2, 0.25) is 5.91 Å². The summed E-state index contributed by atoms with van der Waals surface area (Å²) < 4.78 is 12.1. The summed E-state index contributed by atoms with van der Waals surface area (Å²) in [6.45, 7) is 0.163. The number of hydrogen-bond donors (Lipinski definition) is 2. The van der Waals surface area contributed by atoms with Gasteiger partial charge < -0.3 is 20.6 Å². The highest BCUT2D eigenvalue weighted by Gasteiger charge is 2.26. The minimum absolute atomic E-state index is 0.250. The predicted octanol–water partition coefficient (Wildman–Crippen LogP) is -0.895. The molecule has 1 aliphatic heterocycles. The van der Waals surface area contributed by atoms with Crippen molar-refractivity contribution in [1.29, 1.82) is 0 Å². The fourth-order valence-corrected chi connectivity index (χ4v) is 1.42. The van der Waals surface area contributed by atoms with Crippen LogP contribution >= 0.6 is 0 Å². The van der Waals surface area contributed by atoms with Gasteiger partial charge in [0.15, 0.2) is 0 Å². The SMILES string of the molecule is N[C@@H](CF)C(=O)N1CCN(C(=O)O)CC1. The van der Waals surface area contributed by atoms with E-state index in [9.17, 15) is 14.0 Å². The van der Waals surface area contributed by atoms with Gasteiger partial charge in [0.25, 0.3) is 0 Å². The van der Waals surface area contributed by atoms with E-state index in [0.717, 1.165) is 0 Å². The van der Waals surface area contributed by atoms with Crippen LogP contribution in [-0.2, 0) is 4.79 Å². The summed E-state index contributed by atoms with van der Waals surface area (Å²) in [5.41, 5.74) is 5.25. The summed E-state index contributed by atoms with van der Waals surface area (Å²) in [6, 6.07) is -1.12. The fraction of sp³-hybridized carbons (Fsp3) is 0.750. The first-order valence-electron chi connectivity index (χ1n) is 4.64. The summed E-state index contributed by atoms with van der Waals surface area (Å²) in [4.78, 5) is 24.6. The lowest BCUT2D eigenvalue weighted by molar-refractivity contribution is -0.134. The molecule has 1 saturated heterocycles. The normalized spacial score (nSPS) is 18.8. The summed E-state index contributed by atoms with van der Waals surface area (Å²) in [7, 11) is 0. The lowest BCUT2D eigenvalue weighted by atomic mass is 10.2. The summed E-state index contributed by atoms with van der Waals surface area (Å²) >= 11 is 0. The second-order valence-corrected chi connectivity index (χ2v) is 3.36. The molecule has 0 aliphatic carbocycles. The molecule has 0 aromatic carbocycles. The van der Waals surface area contributed by atoms with Gasteiger partial charge in [-0.3, -0.25) is 4.79 Å². The molecule has 1 heterocycles. The number of carbonyl (C=O) groups is 2. The van der Waals surface area contributed by atoms with Crippen molar-refractivity contribution < 1.29 is 19.1 Å². The van der Waals surface area contributed by atoms with E-state index in [1.54, 1.807) is 0 Å². The number of nitrogens with zero attached hydrogens (tertiary/aromatic N) is 2. The maximum absolute atomic E-state index is 12.1. The van der Waals surface area contributed by atoms with Crippen LogP contribution in [-0.4, -0.2) is 65.8 Å². The van der Waals surface area contributed by atoms with E-state index in [1.807, 2.05) is 0 Å². The first-order valence-corrected chi connectivity index (χ1v) is 4.64. The number of halogens is 1. The van der Waals surface area contributed by atoms with Gasteiger partial charge in [-0.25, -0.2) is 9.18 Å². The van der Waals surface area contributed by atoms with Crippen LogP contribution in [0.1, 0.15) is 0 Å². The number of nitrogens with two attached hydrogens (primary N) is 1. The van der Waals surface area contributed by atoms with Crippen LogP contribution in [0.3, 0.4) is 0 Å². The van der Waals surface area contributed by atoms with Crippen LogP contribution in [0.15, 0.2) is 0 Å². The van der Waals surface area contributed by atoms with Gasteiger partial charge in [0.05, 0.1) is 0 Å². The number of piperazine rings is 1. The third-order valence-corrected chi connectivity index (χ3v) is 2.35. The molecule has 1 atom stereocenters. The van der Waals surface area contributed by atoms with E-state index in [0.29, 0.717) is 0 Å². The number of hydrogen-bond acceptors (Lipinski definition) is 3.